The first-order valence-corrected chi connectivity index (χ1v) is 7.42. The van der Waals surface area contributed by atoms with E-state index >= 15 is 0 Å². The summed E-state index contributed by atoms with van der Waals surface area (Å²) in [5.41, 5.74) is 0. The number of ether oxygens (including phenoxy) is 2. The summed E-state index contributed by atoms with van der Waals surface area (Å²) in [6.07, 6.45) is 0.117. The molecule has 0 aliphatic heterocycles. The first-order chi connectivity index (χ1) is 10.2. The van der Waals surface area contributed by atoms with E-state index < -0.39 is 0 Å². The molecule has 1 N–H and O–H groups in total. The molecule has 3 heteroatoms. The third-order valence-corrected chi connectivity index (χ3v) is 3.35. The van der Waals surface area contributed by atoms with Crippen LogP contribution in [0.25, 0.3) is 0 Å². The van der Waals surface area contributed by atoms with Crippen LogP contribution < -0.4 is 14.8 Å². The summed E-state index contributed by atoms with van der Waals surface area (Å²) in [4.78, 5) is 0. The summed E-state index contributed by atoms with van der Waals surface area (Å²) in [6, 6.07) is 17.8. The van der Waals surface area contributed by atoms with Gasteiger partial charge in [0.1, 0.15) is 23.4 Å². The molecule has 2 unspecified atom stereocenters. The van der Waals surface area contributed by atoms with E-state index in [0.717, 1.165) is 23.8 Å². The molecule has 0 saturated carbocycles. The van der Waals surface area contributed by atoms with E-state index in [2.05, 4.69) is 26.1 Å². The van der Waals surface area contributed by atoms with Crippen LogP contribution >= 0.6 is 0 Å². The van der Waals surface area contributed by atoms with Crippen LogP contribution in [0.15, 0.2) is 54.6 Å². The number of nitrogens with one attached hydrogen (secondary N) is 1. The minimum atomic E-state index is 0.117. The van der Waals surface area contributed by atoms with Gasteiger partial charge in [-0.2, -0.15) is 0 Å². The number of hydrogen-bond acceptors (Lipinski definition) is 3. The van der Waals surface area contributed by atoms with Crippen LogP contribution in [-0.2, 0) is 0 Å². The fourth-order valence-electron chi connectivity index (χ4n) is 2.02. The van der Waals surface area contributed by atoms with Crippen molar-refractivity contribution in [3.8, 4) is 17.2 Å². The summed E-state index contributed by atoms with van der Waals surface area (Å²) in [7, 11) is 0. The lowest BCUT2D eigenvalue weighted by Crippen LogP contribution is -2.38. The molecule has 0 heterocycles. The fourth-order valence-corrected chi connectivity index (χ4v) is 2.02. The molecule has 0 aliphatic rings. The standard InChI is InChI=1S/C18H23NO2/c1-4-19-14(2)15(3)20-17-10-12-18(13-11-17)21-16-8-6-5-7-9-16/h5-15,19H,4H2,1-3H3. The van der Waals surface area contributed by atoms with Crippen LogP contribution in [0.1, 0.15) is 20.8 Å². The van der Waals surface area contributed by atoms with E-state index in [4.69, 9.17) is 9.47 Å². The van der Waals surface area contributed by atoms with Gasteiger partial charge in [-0.05, 0) is 56.8 Å². The van der Waals surface area contributed by atoms with Crippen molar-refractivity contribution in [3.05, 3.63) is 54.6 Å². The maximum absolute atomic E-state index is 5.92. The summed E-state index contributed by atoms with van der Waals surface area (Å²) >= 11 is 0. The zero-order chi connectivity index (χ0) is 15.1. The van der Waals surface area contributed by atoms with Gasteiger partial charge in [-0.25, -0.2) is 0 Å². The van der Waals surface area contributed by atoms with Crippen molar-refractivity contribution in [1.29, 1.82) is 0 Å². The Kier molecular flexibility index (Phi) is 5.64. The molecule has 0 aliphatic carbocycles. The molecule has 2 aromatic rings. The van der Waals surface area contributed by atoms with Gasteiger partial charge >= 0.3 is 0 Å². The predicted octanol–water partition coefficient (Wildman–Crippen LogP) is 4.24. The number of likely N-dealkylation sites (N-methyl/N-ethyl adjacent to an activating group) is 1. The minimum absolute atomic E-state index is 0.117. The van der Waals surface area contributed by atoms with E-state index in [1.165, 1.54) is 0 Å². The maximum atomic E-state index is 5.92. The van der Waals surface area contributed by atoms with Crippen LogP contribution in [0.4, 0.5) is 0 Å². The molecule has 2 rings (SSSR count). The van der Waals surface area contributed by atoms with E-state index in [1.807, 2.05) is 54.6 Å². The van der Waals surface area contributed by atoms with Gasteiger partial charge in [0.2, 0.25) is 0 Å². The second-order valence-corrected chi connectivity index (χ2v) is 5.06. The van der Waals surface area contributed by atoms with Crippen LogP contribution in [0, 0.1) is 0 Å². The van der Waals surface area contributed by atoms with Gasteiger partial charge in [-0.3, -0.25) is 0 Å². The topological polar surface area (TPSA) is 30.5 Å². The van der Waals surface area contributed by atoms with Crippen molar-refractivity contribution in [2.75, 3.05) is 6.54 Å². The van der Waals surface area contributed by atoms with Gasteiger partial charge in [0.15, 0.2) is 0 Å². The summed E-state index contributed by atoms with van der Waals surface area (Å²) < 4.78 is 11.7. The second kappa shape index (κ2) is 7.70. The Morgan fingerprint density at radius 3 is 2.05 bits per heavy atom. The lowest BCUT2D eigenvalue weighted by molar-refractivity contribution is 0.179. The minimum Gasteiger partial charge on any atom is -0.489 e. The quantitative estimate of drug-likeness (QED) is 0.825. The molecule has 0 radical (unpaired) electrons. The van der Waals surface area contributed by atoms with Gasteiger partial charge in [-0.1, -0.05) is 25.1 Å². The van der Waals surface area contributed by atoms with E-state index in [1.54, 1.807) is 0 Å². The average molecular weight is 285 g/mol. The highest BCUT2D eigenvalue weighted by atomic mass is 16.5. The third-order valence-electron chi connectivity index (χ3n) is 3.35. The highest BCUT2D eigenvalue weighted by Gasteiger charge is 2.12. The van der Waals surface area contributed by atoms with Crippen LogP contribution in [0.3, 0.4) is 0 Å². The van der Waals surface area contributed by atoms with Crippen LogP contribution in [-0.4, -0.2) is 18.7 Å². The molecule has 2 atom stereocenters. The Balaban J connectivity index is 1.93. The van der Waals surface area contributed by atoms with E-state index in [-0.39, 0.29) is 6.10 Å². The zero-order valence-corrected chi connectivity index (χ0v) is 12.9. The Bertz CT molecular complexity index is 525. The van der Waals surface area contributed by atoms with Crippen molar-refractivity contribution in [2.24, 2.45) is 0 Å². The first-order valence-electron chi connectivity index (χ1n) is 7.42. The van der Waals surface area contributed by atoms with E-state index in [9.17, 15) is 0 Å². The molecule has 21 heavy (non-hydrogen) atoms. The highest BCUT2D eigenvalue weighted by molar-refractivity contribution is 5.35. The number of benzene rings is 2. The fraction of sp³-hybridized carbons (Fsp3) is 0.333. The van der Waals surface area contributed by atoms with Crippen molar-refractivity contribution in [1.82, 2.24) is 5.32 Å². The number of rotatable bonds is 7. The monoisotopic (exact) mass is 285 g/mol. The van der Waals surface area contributed by atoms with Gasteiger partial charge in [0.05, 0.1) is 0 Å². The average Bonchev–Trinajstić information content (AvgIpc) is 2.50. The Hall–Kier alpha value is -2.00. The van der Waals surface area contributed by atoms with Crippen LogP contribution in [0.5, 0.6) is 17.2 Å². The van der Waals surface area contributed by atoms with Crippen LogP contribution in [0.2, 0.25) is 0 Å². The summed E-state index contributed by atoms with van der Waals surface area (Å²) in [5.74, 6) is 2.49. The van der Waals surface area contributed by atoms with Crippen molar-refractivity contribution in [2.45, 2.75) is 32.9 Å². The summed E-state index contributed by atoms with van der Waals surface area (Å²) in [5, 5.41) is 3.36. The normalized spacial score (nSPS) is 13.5. The Morgan fingerprint density at radius 2 is 1.43 bits per heavy atom. The lowest BCUT2D eigenvalue weighted by Gasteiger charge is -2.22. The second-order valence-electron chi connectivity index (χ2n) is 5.06. The molecule has 0 amide bonds. The lowest BCUT2D eigenvalue weighted by atomic mass is 10.2. The molecule has 3 nitrogen and oxygen atoms in total. The smallest absolute Gasteiger partial charge is 0.127 e. The van der Waals surface area contributed by atoms with Gasteiger partial charge in [0.25, 0.3) is 0 Å². The molecule has 112 valence electrons. The first kappa shape index (κ1) is 15.4. The number of para-hydroxylation sites is 1. The maximum Gasteiger partial charge on any atom is 0.127 e. The molecular weight excluding hydrogens is 262 g/mol. The van der Waals surface area contributed by atoms with Crippen molar-refractivity contribution < 1.29 is 9.47 Å². The molecule has 0 bridgehead atoms. The molecule has 0 saturated heterocycles. The van der Waals surface area contributed by atoms with E-state index in [0.29, 0.717) is 6.04 Å². The Labute approximate surface area is 126 Å². The molecule has 0 fully saturated rings. The highest BCUT2D eigenvalue weighted by Crippen LogP contribution is 2.24. The molecular formula is C18H23NO2. The molecule has 0 spiro atoms. The van der Waals surface area contributed by atoms with Crippen molar-refractivity contribution >= 4 is 0 Å². The zero-order valence-electron chi connectivity index (χ0n) is 12.9. The summed E-state index contributed by atoms with van der Waals surface area (Å²) in [6.45, 7) is 7.24. The van der Waals surface area contributed by atoms with Gasteiger partial charge < -0.3 is 14.8 Å². The molecule has 0 aromatic heterocycles. The Morgan fingerprint density at radius 1 is 0.857 bits per heavy atom. The van der Waals surface area contributed by atoms with Crippen molar-refractivity contribution in [3.63, 3.8) is 0 Å². The molecule has 2 aromatic carbocycles. The third kappa shape index (κ3) is 4.80. The predicted molar refractivity (Wildman–Crippen MR) is 86.2 cm³/mol. The largest absolute Gasteiger partial charge is 0.489 e. The van der Waals surface area contributed by atoms with Gasteiger partial charge in [-0.15, -0.1) is 0 Å². The number of hydrogen-bond donors (Lipinski definition) is 1. The SMILES string of the molecule is CCNC(C)C(C)Oc1ccc(Oc2ccccc2)cc1. The van der Waals surface area contributed by atoms with Gasteiger partial charge in [0, 0.05) is 6.04 Å².